The van der Waals surface area contributed by atoms with Crippen molar-refractivity contribution in [2.24, 2.45) is 17.7 Å². The minimum atomic E-state index is 0.464. The standard InChI is InChI=1S/C12H21N5/c1-7-4-5-10(9(7)3)15-11-6-8(2)14-12(16-11)17-13/h6-7,9-10H,4-5,13H2,1-3H3,(H2,14,15,16,17). The van der Waals surface area contributed by atoms with Crippen LogP contribution in [0.2, 0.25) is 0 Å². The van der Waals surface area contributed by atoms with Gasteiger partial charge in [-0.2, -0.15) is 4.98 Å². The Kier molecular flexibility index (Phi) is 3.47. The van der Waals surface area contributed by atoms with Gasteiger partial charge in [0.15, 0.2) is 0 Å². The van der Waals surface area contributed by atoms with Crippen molar-refractivity contribution in [3.8, 4) is 0 Å². The molecule has 1 fully saturated rings. The van der Waals surface area contributed by atoms with Gasteiger partial charge < -0.3 is 5.32 Å². The van der Waals surface area contributed by atoms with E-state index in [0.29, 0.717) is 17.9 Å². The van der Waals surface area contributed by atoms with Crippen molar-refractivity contribution in [3.05, 3.63) is 11.8 Å². The molecule has 5 heteroatoms. The summed E-state index contributed by atoms with van der Waals surface area (Å²) in [5, 5.41) is 3.49. The summed E-state index contributed by atoms with van der Waals surface area (Å²) in [7, 11) is 0. The number of hydrogen-bond donors (Lipinski definition) is 3. The molecule has 0 bridgehead atoms. The summed E-state index contributed by atoms with van der Waals surface area (Å²) < 4.78 is 0. The third-order valence-corrected chi connectivity index (χ3v) is 3.78. The van der Waals surface area contributed by atoms with Crippen LogP contribution in [0.25, 0.3) is 0 Å². The molecule has 0 radical (unpaired) electrons. The lowest BCUT2D eigenvalue weighted by Crippen LogP contribution is -2.25. The highest BCUT2D eigenvalue weighted by molar-refractivity contribution is 5.42. The maximum atomic E-state index is 5.34. The summed E-state index contributed by atoms with van der Waals surface area (Å²) in [6.07, 6.45) is 2.49. The SMILES string of the molecule is Cc1cc(NC2CCC(C)C2C)nc(NN)n1. The molecule has 1 saturated carbocycles. The zero-order valence-corrected chi connectivity index (χ0v) is 10.7. The molecule has 2 rings (SSSR count). The minimum Gasteiger partial charge on any atom is -0.367 e. The largest absolute Gasteiger partial charge is 0.367 e. The molecule has 1 aromatic heterocycles. The number of aromatic nitrogens is 2. The topological polar surface area (TPSA) is 75.9 Å². The van der Waals surface area contributed by atoms with Crippen LogP contribution in [0.15, 0.2) is 6.07 Å². The van der Waals surface area contributed by atoms with Gasteiger partial charge in [-0.3, -0.25) is 5.43 Å². The van der Waals surface area contributed by atoms with Crippen LogP contribution in [-0.2, 0) is 0 Å². The number of anilines is 2. The van der Waals surface area contributed by atoms with E-state index in [0.717, 1.165) is 17.4 Å². The van der Waals surface area contributed by atoms with Gasteiger partial charge in [0.1, 0.15) is 5.82 Å². The van der Waals surface area contributed by atoms with E-state index in [-0.39, 0.29) is 0 Å². The van der Waals surface area contributed by atoms with Crippen molar-refractivity contribution in [2.45, 2.75) is 39.7 Å². The van der Waals surface area contributed by atoms with E-state index in [1.54, 1.807) is 0 Å². The number of rotatable bonds is 3. The zero-order chi connectivity index (χ0) is 12.4. The molecule has 3 atom stereocenters. The highest BCUT2D eigenvalue weighted by atomic mass is 15.3. The molecule has 17 heavy (non-hydrogen) atoms. The Morgan fingerprint density at radius 2 is 2.06 bits per heavy atom. The number of hydrazine groups is 1. The maximum absolute atomic E-state index is 5.34. The van der Waals surface area contributed by atoms with Crippen molar-refractivity contribution in [1.82, 2.24) is 9.97 Å². The second-order valence-electron chi connectivity index (χ2n) is 5.03. The van der Waals surface area contributed by atoms with Gasteiger partial charge in [0, 0.05) is 17.8 Å². The molecule has 94 valence electrons. The molecule has 1 heterocycles. The summed E-state index contributed by atoms with van der Waals surface area (Å²) in [4.78, 5) is 8.49. The lowest BCUT2D eigenvalue weighted by Gasteiger charge is -2.20. The second-order valence-corrected chi connectivity index (χ2v) is 5.03. The zero-order valence-electron chi connectivity index (χ0n) is 10.7. The Morgan fingerprint density at radius 3 is 2.65 bits per heavy atom. The fraction of sp³-hybridized carbons (Fsp3) is 0.667. The first-order valence-corrected chi connectivity index (χ1v) is 6.19. The van der Waals surface area contributed by atoms with Crippen LogP contribution in [-0.4, -0.2) is 16.0 Å². The number of nitrogens with zero attached hydrogens (tertiary/aromatic N) is 2. The highest BCUT2D eigenvalue weighted by Gasteiger charge is 2.29. The van der Waals surface area contributed by atoms with Crippen LogP contribution in [0.5, 0.6) is 0 Å². The van der Waals surface area contributed by atoms with Gasteiger partial charge in [-0.15, -0.1) is 0 Å². The van der Waals surface area contributed by atoms with Crippen molar-refractivity contribution in [2.75, 3.05) is 10.7 Å². The minimum absolute atomic E-state index is 0.464. The Bertz CT molecular complexity index is 392. The molecule has 0 aromatic carbocycles. The maximum Gasteiger partial charge on any atom is 0.239 e. The third kappa shape index (κ3) is 2.66. The molecule has 3 unspecified atom stereocenters. The Balaban J connectivity index is 2.10. The molecule has 4 N–H and O–H groups in total. The van der Waals surface area contributed by atoms with E-state index in [4.69, 9.17) is 5.84 Å². The third-order valence-electron chi connectivity index (χ3n) is 3.78. The van der Waals surface area contributed by atoms with Crippen LogP contribution >= 0.6 is 0 Å². The second kappa shape index (κ2) is 4.87. The number of nitrogens with one attached hydrogen (secondary N) is 2. The van der Waals surface area contributed by atoms with Crippen LogP contribution in [0.1, 0.15) is 32.4 Å². The van der Waals surface area contributed by atoms with Crippen LogP contribution < -0.4 is 16.6 Å². The number of hydrogen-bond acceptors (Lipinski definition) is 5. The van der Waals surface area contributed by atoms with Crippen LogP contribution in [0.3, 0.4) is 0 Å². The molecule has 0 saturated heterocycles. The first-order valence-electron chi connectivity index (χ1n) is 6.19. The molecule has 0 amide bonds. The molecular weight excluding hydrogens is 214 g/mol. The van der Waals surface area contributed by atoms with Gasteiger partial charge in [0.05, 0.1) is 0 Å². The Hall–Kier alpha value is -1.36. The average Bonchev–Trinajstić information content (AvgIpc) is 2.60. The first-order chi connectivity index (χ1) is 8.10. The van der Waals surface area contributed by atoms with Crippen molar-refractivity contribution >= 4 is 11.8 Å². The molecule has 5 nitrogen and oxygen atoms in total. The van der Waals surface area contributed by atoms with Crippen molar-refractivity contribution in [1.29, 1.82) is 0 Å². The summed E-state index contributed by atoms with van der Waals surface area (Å²) in [5.41, 5.74) is 3.40. The molecule has 0 spiro atoms. The molecule has 1 aliphatic carbocycles. The Morgan fingerprint density at radius 1 is 1.29 bits per heavy atom. The number of aryl methyl sites for hydroxylation is 1. The number of nitrogens with two attached hydrogens (primary N) is 1. The van der Waals surface area contributed by atoms with E-state index in [2.05, 4.69) is 34.6 Å². The molecule has 1 aromatic rings. The lowest BCUT2D eigenvalue weighted by molar-refractivity contribution is 0.435. The van der Waals surface area contributed by atoms with E-state index in [1.165, 1.54) is 12.8 Å². The molecule has 0 aliphatic heterocycles. The van der Waals surface area contributed by atoms with Gasteiger partial charge in [-0.1, -0.05) is 13.8 Å². The lowest BCUT2D eigenvalue weighted by atomic mass is 9.98. The summed E-state index contributed by atoms with van der Waals surface area (Å²) in [5.74, 6) is 8.12. The Labute approximate surface area is 102 Å². The van der Waals surface area contributed by atoms with Gasteiger partial charge in [-0.25, -0.2) is 10.8 Å². The summed E-state index contributed by atoms with van der Waals surface area (Å²) in [6.45, 7) is 6.55. The van der Waals surface area contributed by atoms with Gasteiger partial charge in [0.25, 0.3) is 0 Å². The van der Waals surface area contributed by atoms with Gasteiger partial charge in [-0.05, 0) is 31.6 Å². The first kappa shape index (κ1) is 12.1. The molecule has 1 aliphatic rings. The van der Waals surface area contributed by atoms with Crippen molar-refractivity contribution in [3.63, 3.8) is 0 Å². The fourth-order valence-corrected chi connectivity index (χ4v) is 2.47. The quantitative estimate of drug-likeness (QED) is 0.551. The average molecular weight is 235 g/mol. The fourth-order valence-electron chi connectivity index (χ4n) is 2.47. The summed E-state index contributed by atoms with van der Waals surface area (Å²) >= 11 is 0. The predicted octanol–water partition coefficient (Wildman–Crippen LogP) is 1.92. The van der Waals surface area contributed by atoms with Crippen molar-refractivity contribution < 1.29 is 0 Å². The normalized spacial score (nSPS) is 28.1. The molecular formula is C12H21N5. The van der Waals surface area contributed by atoms with E-state index < -0.39 is 0 Å². The smallest absolute Gasteiger partial charge is 0.239 e. The van der Waals surface area contributed by atoms with Crippen LogP contribution in [0, 0.1) is 18.8 Å². The van der Waals surface area contributed by atoms with Crippen LogP contribution in [0.4, 0.5) is 11.8 Å². The van der Waals surface area contributed by atoms with E-state index in [1.807, 2.05) is 13.0 Å². The monoisotopic (exact) mass is 235 g/mol. The van der Waals surface area contributed by atoms with Gasteiger partial charge >= 0.3 is 0 Å². The predicted molar refractivity (Wildman–Crippen MR) is 69.6 cm³/mol. The van der Waals surface area contributed by atoms with E-state index in [9.17, 15) is 0 Å². The van der Waals surface area contributed by atoms with Gasteiger partial charge in [0.2, 0.25) is 5.95 Å². The van der Waals surface area contributed by atoms with E-state index >= 15 is 0 Å². The summed E-state index contributed by atoms with van der Waals surface area (Å²) in [6, 6.07) is 2.46. The number of nitrogen functional groups attached to an aromatic ring is 1. The highest BCUT2D eigenvalue weighted by Crippen LogP contribution is 2.33.